The molecule has 250 valence electrons. The molecule has 0 fully saturated rings. The zero-order valence-corrected chi connectivity index (χ0v) is 32.3. The summed E-state index contributed by atoms with van der Waals surface area (Å²) in [4.78, 5) is 45.6. The molecule has 0 spiro atoms. The molecule has 0 aliphatic carbocycles. The van der Waals surface area contributed by atoms with Crippen LogP contribution in [0.2, 0.25) is 0 Å². The van der Waals surface area contributed by atoms with E-state index in [1.807, 2.05) is 0 Å². The van der Waals surface area contributed by atoms with Crippen molar-refractivity contribution >= 4 is 33.3 Å². The second-order valence-corrected chi connectivity index (χ2v) is 9.87. The van der Waals surface area contributed by atoms with Gasteiger partial charge in [0.2, 0.25) is 0 Å². The monoisotopic (exact) mass is 682 g/mol. The summed E-state index contributed by atoms with van der Waals surface area (Å²) in [6.07, 6.45) is 12.5. The summed E-state index contributed by atoms with van der Waals surface area (Å²) in [5.74, 6) is 27.1. The van der Waals surface area contributed by atoms with Crippen LogP contribution in [-0.4, -0.2) is 31.3 Å². The van der Waals surface area contributed by atoms with E-state index in [0.717, 1.165) is 19.3 Å². The number of hydrogen-bond acceptors (Lipinski definition) is 8. The Bertz CT molecular complexity index is 1270. The summed E-state index contributed by atoms with van der Waals surface area (Å²) < 4.78 is 25.0. The van der Waals surface area contributed by atoms with E-state index in [-0.39, 0.29) is 94.7 Å². The van der Waals surface area contributed by atoms with Crippen LogP contribution in [-0.2, 0) is 28.2 Å². The van der Waals surface area contributed by atoms with Gasteiger partial charge in [0.05, 0.1) is 14.4 Å². The molecule has 0 saturated heterocycles. The Morgan fingerprint density at radius 1 is 0.705 bits per heavy atom. The minimum Gasteiger partial charge on any atom is -0.790 e. The Morgan fingerprint density at radius 2 is 1.14 bits per heavy atom. The molecule has 1 atom stereocenters. The fraction of sp³-hybridized carbons (Fsp3) is 0.562. The minimum absolute atomic E-state index is 0. The van der Waals surface area contributed by atoms with Crippen LogP contribution in [0.15, 0.2) is 0 Å². The van der Waals surface area contributed by atoms with E-state index in [0.29, 0.717) is 6.42 Å². The molecular weight excluding hydrogens is 621 g/mol. The quantitative estimate of drug-likeness (QED) is 0.0475. The summed E-state index contributed by atoms with van der Waals surface area (Å²) in [6, 6.07) is 0. The van der Waals surface area contributed by atoms with E-state index in [2.05, 4.69) is 82.5 Å². The standard InChI is InChI=1S/C32H39O8P.2Na.H2S.11H2/c1-3-5-7-9-11-13-15-17-19-21-23-25-27-32(34)40-30(29-39-41(35,36)37)28-38-31(33)26-24-22-20-18-16-14-12-10-8-6-4-2;;;;;;;;;;;;;;/h30H,3,5,7,9,11,13,15,17,19,21,23,25,27-29H2,1-2H3,(H2,35,36,37);;;1H2;11*1H/q;2*+1;;;;;;;;;;;;/p-2/t30-;;;;;;;;;;;;;;/m0............../s1. The van der Waals surface area contributed by atoms with Crippen molar-refractivity contribution in [2.45, 2.75) is 103 Å². The normalized spacial score (nSPS) is 9.36. The van der Waals surface area contributed by atoms with E-state index in [4.69, 9.17) is 9.47 Å². The third-order valence-electron chi connectivity index (χ3n) is 5.20. The van der Waals surface area contributed by atoms with Gasteiger partial charge in [-0.2, -0.15) is 13.5 Å². The summed E-state index contributed by atoms with van der Waals surface area (Å²) in [5.41, 5.74) is 0. The minimum atomic E-state index is -5.31. The maximum absolute atomic E-state index is 12.2. The van der Waals surface area contributed by atoms with Gasteiger partial charge in [-0.05, 0) is 72.5 Å². The molecule has 0 unspecified atom stereocenters. The van der Waals surface area contributed by atoms with Crippen molar-refractivity contribution in [1.82, 2.24) is 0 Å². The fourth-order valence-corrected chi connectivity index (χ4v) is 3.59. The number of carbonyl (C=O) groups excluding carboxylic acids is 2. The second-order valence-electron chi connectivity index (χ2n) is 8.72. The molecule has 0 aromatic rings. The van der Waals surface area contributed by atoms with Crippen LogP contribution < -0.4 is 68.9 Å². The molecule has 0 bridgehead atoms. The Kier molecular flexibility index (Phi) is 40.9. The summed E-state index contributed by atoms with van der Waals surface area (Å²) in [7, 11) is -5.31. The number of ether oxygens (including phenoxy) is 2. The summed E-state index contributed by atoms with van der Waals surface area (Å²) in [6.45, 7) is 2.53. The van der Waals surface area contributed by atoms with Gasteiger partial charge in [-0.15, -0.1) is 0 Å². The Balaban J connectivity index is -0.0000000879. The van der Waals surface area contributed by atoms with Gasteiger partial charge in [0, 0.05) is 28.0 Å². The first-order chi connectivity index (χ1) is 19.8. The zero-order chi connectivity index (χ0) is 30.4. The van der Waals surface area contributed by atoms with Gasteiger partial charge in [-0.25, -0.2) is 4.79 Å². The third kappa shape index (κ3) is 38.8. The Morgan fingerprint density at radius 3 is 1.59 bits per heavy atom. The smallest absolute Gasteiger partial charge is 0.790 e. The van der Waals surface area contributed by atoms with Crippen LogP contribution in [0.3, 0.4) is 0 Å². The number of rotatable bonds is 19. The predicted octanol–water partition coefficient (Wildman–Crippen LogP) is 0.245. The molecule has 0 aliphatic heterocycles. The number of unbranched alkanes of at least 4 members (excludes halogenated alkanes) is 11. The Hall–Kier alpha value is -1.24. The number of esters is 2. The van der Waals surface area contributed by atoms with Gasteiger partial charge >= 0.3 is 71.1 Å². The van der Waals surface area contributed by atoms with Crippen LogP contribution in [0.25, 0.3) is 0 Å². The first-order valence-corrected chi connectivity index (χ1v) is 15.2. The number of hydrogen-bond donors (Lipinski definition) is 0. The molecule has 0 saturated carbocycles. The zero-order valence-electron chi connectivity index (χ0n) is 26.4. The van der Waals surface area contributed by atoms with Crippen LogP contribution in [0.4, 0.5) is 0 Å². The number of carbonyl (C=O) groups is 2. The fourth-order valence-electron chi connectivity index (χ4n) is 3.25. The van der Waals surface area contributed by atoms with Gasteiger partial charge in [-0.3, -0.25) is 4.79 Å². The summed E-state index contributed by atoms with van der Waals surface area (Å²) in [5, 5.41) is 0. The van der Waals surface area contributed by atoms with Crippen molar-refractivity contribution in [3.05, 3.63) is 0 Å². The maximum Gasteiger partial charge on any atom is 1.00 e. The van der Waals surface area contributed by atoms with Crippen LogP contribution in [0.1, 0.15) is 113 Å². The first-order valence-electron chi connectivity index (χ1n) is 13.7. The molecule has 0 N–H and O–H groups in total. The average molecular weight is 683 g/mol. The molecule has 0 aromatic carbocycles. The molecule has 12 heteroatoms. The molecular formula is C32H61Na2O8PS. The molecule has 8 nitrogen and oxygen atoms in total. The molecule has 0 rings (SSSR count). The SMILES string of the molecule is CC#CC#CC#CC#CC#CC#CC(=O)OC[C@@H](COP(=O)([O-])[O-])OC(=O)CCCCCCCCCCCCCC.S.[HH].[HH].[HH].[HH].[HH].[HH].[HH].[HH].[HH].[HH].[HH].[Na+].[Na+]. The van der Waals surface area contributed by atoms with Crippen LogP contribution in [0, 0.1) is 71.0 Å². The molecule has 44 heavy (non-hydrogen) atoms. The van der Waals surface area contributed by atoms with E-state index in [1.165, 1.54) is 51.4 Å². The molecule has 0 heterocycles. The predicted molar refractivity (Wildman–Crippen MR) is 186 cm³/mol. The topological polar surface area (TPSA) is 125 Å². The van der Waals surface area contributed by atoms with Crippen molar-refractivity contribution in [2.24, 2.45) is 0 Å². The van der Waals surface area contributed by atoms with Crippen LogP contribution in [0.5, 0.6) is 0 Å². The van der Waals surface area contributed by atoms with Gasteiger partial charge in [0.15, 0.2) is 6.10 Å². The number of phosphoric ester groups is 1. The van der Waals surface area contributed by atoms with Crippen molar-refractivity contribution < 1.29 is 113 Å². The van der Waals surface area contributed by atoms with Crippen molar-refractivity contribution in [2.75, 3.05) is 13.2 Å². The largest absolute Gasteiger partial charge is 1.00 e. The number of phosphoric acid groups is 1. The Labute approximate surface area is 331 Å². The van der Waals surface area contributed by atoms with Gasteiger partial charge in [-0.1, -0.05) is 83.5 Å². The molecule has 0 aromatic heterocycles. The first kappa shape index (κ1) is 49.6. The van der Waals surface area contributed by atoms with Crippen molar-refractivity contribution in [1.29, 1.82) is 0 Å². The van der Waals surface area contributed by atoms with E-state index in [1.54, 1.807) is 6.92 Å². The van der Waals surface area contributed by atoms with Crippen molar-refractivity contribution in [3.8, 4) is 71.0 Å². The maximum atomic E-state index is 12.2. The summed E-state index contributed by atoms with van der Waals surface area (Å²) >= 11 is 0. The second kappa shape index (κ2) is 36.2. The van der Waals surface area contributed by atoms with Crippen molar-refractivity contribution in [3.63, 3.8) is 0 Å². The molecule has 0 amide bonds. The average Bonchev–Trinajstić information content (AvgIpc) is 2.93. The van der Waals surface area contributed by atoms with Gasteiger partial charge in [0.25, 0.3) is 0 Å². The third-order valence-corrected chi connectivity index (χ3v) is 5.67. The van der Waals surface area contributed by atoms with E-state index < -0.39 is 39.1 Å². The van der Waals surface area contributed by atoms with E-state index in [9.17, 15) is 23.9 Å². The van der Waals surface area contributed by atoms with Gasteiger partial charge < -0.3 is 28.3 Å². The van der Waals surface area contributed by atoms with Gasteiger partial charge in [0.1, 0.15) is 6.61 Å². The molecule has 0 radical (unpaired) electrons. The van der Waals surface area contributed by atoms with E-state index >= 15 is 0 Å². The van der Waals surface area contributed by atoms with Crippen LogP contribution >= 0.6 is 21.3 Å². The molecule has 0 aliphatic rings.